The number of ether oxygens (including phenoxy) is 1. The van der Waals surface area contributed by atoms with Crippen molar-refractivity contribution in [3.8, 4) is 0 Å². The van der Waals surface area contributed by atoms with E-state index in [2.05, 4.69) is 40.7 Å². The molecule has 0 aromatic rings. The number of carbonyl (C=O) groups excluding carboxylic acids is 2. The second-order valence-electron chi connectivity index (χ2n) is 12.3. The van der Waals surface area contributed by atoms with Crippen LogP contribution in [0.3, 0.4) is 0 Å². The van der Waals surface area contributed by atoms with Crippen LogP contribution in [0.2, 0.25) is 0 Å². The van der Waals surface area contributed by atoms with E-state index in [4.69, 9.17) is 4.74 Å². The number of allylic oxidation sites excluding steroid dienone is 3. The maximum Gasteiger partial charge on any atom is 0.302 e. The number of carbonyl (C=O) groups is 2. The minimum Gasteiger partial charge on any atom is -0.462 e. The molecule has 0 heterocycles. The molecule has 0 amide bonds. The predicted molar refractivity (Wildman–Crippen MR) is 129 cm³/mol. The van der Waals surface area contributed by atoms with Crippen LogP contribution in [-0.2, 0) is 14.3 Å². The molecule has 0 radical (unpaired) electrons. The number of esters is 1. The quantitative estimate of drug-likeness (QED) is 0.339. The summed E-state index contributed by atoms with van der Waals surface area (Å²) in [5, 5.41) is 0. The first-order valence-corrected chi connectivity index (χ1v) is 13.1. The van der Waals surface area contributed by atoms with Crippen molar-refractivity contribution < 1.29 is 14.3 Å². The Balaban J connectivity index is 1.54. The maximum atomic E-state index is 13.6. The summed E-state index contributed by atoms with van der Waals surface area (Å²) in [6.45, 7) is 13.3. The molecule has 0 aromatic carbocycles. The van der Waals surface area contributed by atoms with Crippen molar-refractivity contribution in [1.29, 1.82) is 0 Å². The Morgan fingerprint density at radius 1 is 1.12 bits per heavy atom. The molecule has 3 fully saturated rings. The molecular weight excluding hydrogens is 396 g/mol. The second kappa shape index (κ2) is 8.76. The Labute approximate surface area is 195 Å². The summed E-state index contributed by atoms with van der Waals surface area (Å²) in [6, 6.07) is 0. The summed E-state index contributed by atoms with van der Waals surface area (Å²) in [5.74, 6) is 2.82. The number of hydrogen-bond acceptors (Lipinski definition) is 3. The summed E-state index contributed by atoms with van der Waals surface area (Å²) in [4.78, 5) is 25.0. The molecule has 0 bridgehead atoms. The van der Waals surface area contributed by atoms with Crippen LogP contribution in [0, 0.1) is 40.4 Å². The average Bonchev–Trinajstić information content (AvgIpc) is 3.05. The van der Waals surface area contributed by atoms with Gasteiger partial charge in [-0.1, -0.05) is 38.0 Å². The van der Waals surface area contributed by atoms with Gasteiger partial charge in [-0.3, -0.25) is 9.59 Å². The average molecular weight is 441 g/mol. The van der Waals surface area contributed by atoms with Crippen molar-refractivity contribution in [1.82, 2.24) is 0 Å². The van der Waals surface area contributed by atoms with E-state index in [1.165, 1.54) is 56.6 Å². The Morgan fingerprint density at radius 2 is 1.88 bits per heavy atom. The first kappa shape index (κ1) is 23.8. The lowest BCUT2D eigenvalue weighted by Gasteiger charge is -2.57. The van der Waals surface area contributed by atoms with Crippen LogP contribution in [-0.4, -0.2) is 17.9 Å². The summed E-state index contributed by atoms with van der Waals surface area (Å²) < 4.78 is 5.53. The van der Waals surface area contributed by atoms with Gasteiger partial charge in [0, 0.05) is 19.3 Å². The highest BCUT2D eigenvalue weighted by Crippen LogP contribution is 2.66. The highest BCUT2D eigenvalue weighted by atomic mass is 16.5. The molecule has 0 saturated heterocycles. The molecular formula is C29H44O3. The van der Waals surface area contributed by atoms with Crippen LogP contribution >= 0.6 is 0 Å². The van der Waals surface area contributed by atoms with Crippen LogP contribution in [0.5, 0.6) is 0 Å². The molecule has 0 N–H and O–H groups in total. The molecule has 0 aromatic heterocycles. The van der Waals surface area contributed by atoms with Gasteiger partial charge in [-0.15, -0.1) is 0 Å². The van der Waals surface area contributed by atoms with Gasteiger partial charge in [-0.05, 0) is 106 Å². The zero-order valence-electron chi connectivity index (χ0n) is 21.2. The molecule has 3 heteroatoms. The Kier molecular flexibility index (Phi) is 6.51. The van der Waals surface area contributed by atoms with Gasteiger partial charge < -0.3 is 4.74 Å². The third-order valence-electron chi connectivity index (χ3n) is 10.2. The van der Waals surface area contributed by atoms with Crippen LogP contribution in [0.15, 0.2) is 23.3 Å². The van der Waals surface area contributed by atoms with Crippen molar-refractivity contribution in [3.05, 3.63) is 23.3 Å². The van der Waals surface area contributed by atoms with E-state index in [1.54, 1.807) is 0 Å². The lowest BCUT2D eigenvalue weighted by molar-refractivity contribution is -0.149. The van der Waals surface area contributed by atoms with Gasteiger partial charge in [-0.2, -0.15) is 0 Å². The lowest BCUT2D eigenvalue weighted by atomic mass is 9.46. The largest absolute Gasteiger partial charge is 0.462 e. The van der Waals surface area contributed by atoms with Gasteiger partial charge in [0.15, 0.2) is 5.78 Å². The lowest BCUT2D eigenvalue weighted by Crippen LogP contribution is -2.53. The van der Waals surface area contributed by atoms with E-state index >= 15 is 0 Å². The van der Waals surface area contributed by atoms with Crippen LogP contribution in [0.25, 0.3) is 0 Å². The molecule has 0 unspecified atom stereocenters. The maximum absolute atomic E-state index is 13.6. The molecule has 0 spiro atoms. The number of rotatable bonds is 5. The molecule has 32 heavy (non-hydrogen) atoms. The summed E-state index contributed by atoms with van der Waals surface area (Å²) >= 11 is 0. The van der Waals surface area contributed by atoms with Crippen LogP contribution in [0.1, 0.15) is 99.3 Å². The summed E-state index contributed by atoms with van der Waals surface area (Å²) in [5.41, 5.74) is 3.08. The van der Waals surface area contributed by atoms with Crippen molar-refractivity contribution >= 4 is 11.8 Å². The molecule has 4 aliphatic rings. The van der Waals surface area contributed by atoms with E-state index in [-0.39, 0.29) is 23.4 Å². The highest BCUT2D eigenvalue weighted by molar-refractivity contribution is 5.94. The van der Waals surface area contributed by atoms with Gasteiger partial charge in [0.1, 0.15) is 6.10 Å². The minimum atomic E-state index is -0.205. The van der Waals surface area contributed by atoms with Crippen molar-refractivity contribution in [3.63, 3.8) is 0 Å². The van der Waals surface area contributed by atoms with Crippen molar-refractivity contribution in [2.24, 2.45) is 40.4 Å². The van der Waals surface area contributed by atoms with Gasteiger partial charge in [0.25, 0.3) is 0 Å². The van der Waals surface area contributed by atoms with Gasteiger partial charge in [0.05, 0.1) is 0 Å². The van der Waals surface area contributed by atoms with Crippen molar-refractivity contribution in [2.75, 3.05) is 0 Å². The Hall–Kier alpha value is -1.38. The first-order chi connectivity index (χ1) is 15.1. The van der Waals surface area contributed by atoms with Gasteiger partial charge in [0.2, 0.25) is 0 Å². The van der Waals surface area contributed by atoms with Crippen LogP contribution in [0.4, 0.5) is 0 Å². The topological polar surface area (TPSA) is 43.4 Å². The van der Waals surface area contributed by atoms with Crippen molar-refractivity contribution in [2.45, 2.75) is 105 Å². The van der Waals surface area contributed by atoms with E-state index in [0.717, 1.165) is 31.1 Å². The van der Waals surface area contributed by atoms with E-state index < -0.39 is 0 Å². The van der Waals surface area contributed by atoms with Gasteiger partial charge >= 0.3 is 5.97 Å². The first-order valence-electron chi connectivity index (χ1n) is 13.1. The monoisotopic (exact) mass is 440 g/mol. The fraction of sp³-hybridized carbons (Fsp3) is 0.793. The zero-order valence-corrected chi connectivity index (χ0v) is 21.2. The molecule has 4 aliphatic carbocycles. The minimum absolute atomic E-state index is 0.0532. The fourth-order valence-electron chi connectivity index (χ4n) is 8.52. The molecule has 3 nitrogen and oxygen atoms in total. The Morgan fingerprint density at radius 3 is 2.56 bits per heavy atom. The second-order valence-corrected chi connectivity index (χ2v) is 12.3. The van der Waals surface area contributed by atoms with E-state index in [9.17, 15) is 9.59 Å². The van der Waals surface area contributed by atoms with Crippen LogP contribution < -0.4 is 0 Å². The SMILES string of the molecule is CC(=O)O[C@H]1CC[C@@]2(C)C(=CC(=O)[C@H]3[C@@H]4CC[C@H]([C@H](C)CCC=C(C)C)[C@@]4(C)CC[C@@H]32)C1. The number of hydrogen-bond donors (Lipinski definition) is 0. The molecule has 178 valence electrons. The normalized spacial score (nSPS) is 41.6. The standard InChI is InChI=1S/C29H44O3/c1-18(2)8-7-9-19(3)23-10-11-24-27-25(13-15-29(23,24)6)28(5)14-12-22(32-20(4)30)16-21(28)17-26(27)31/h8,17,19,22-25,27H,7,9-16H2,1-6H3/t19-,22+,23-,24+,25+,27+,28+,29-/m1/s1. The number of fused-ring (bicyclic) bond motifs is 5. The zero-order chi connectivity index (χ0) is 23.3. The Bertz CT molecular complexity index is 818. The molecule has 3 saturated carbocycles. The van der Waals surface area contributed by atoms with E-state index in [0.29, 0.717) is 23.0 Å². The van der Waals surface area contributed by atoms with E-state index in [1.807, 2.05) is 6.08 Å². The summed E-state index contributed by atoms with van der Waals surface area (Å²) in [7, 11) is 0. The molecule has 8 atom stereocenters. The molecule has 0 aliphatic heterocycles. The third-order valence-corrected chi connectivity index (χ3v) is 10.2. The highest BCUT2D eigenvalue weighted by Gasteiger charge is 2.61. The van der Waals surface area contributed by atoms with Gasteiger partial charge in [-0.25, -0.2) is 0 Å². The third kappa shape index (κ3) is 4.03. The summed E-state index contributed by atoms with van der Waals surface area (Å²) in [6.07, 6.45) is 14.4. The number of ketones is 1. The molecule has 4 rings (SSSR count). The smallest absolute Gasteiger partial charge is 0.302 e. The fourth-order valence-corrected chi connectivity index (χ4v) is 8.52. The predicted octanol–water partition coefficient (Wildman–Crippen LogP) is 7.06.